The van der Waals surface area contributed by atoms with Gasteiger partial charge in [0.15, 0.2) is 0 Å². The molecule has 88 valence electrons. The topological polar surface area (TPSA) is 63.3 Å². The van der Waals surface area contributed by atoms with Gasteiger partial charge in [-0.05, 0) is 19.4 Å². The second-order valence-corrected chi connectivity index (χ2v) is 5.81. The molecule has 0 aromatic heterocycles. The molecule has 0 heterocycles. The van der Waals surface area contributed by atoms with Gasteiger partial charge in [-0.1, -0.05) is 30.3 Å². The van der Waals surface area contributed by atoms with Gasteiger partial charge in [0.05, 0.1) is 0 Å². The van der Waals surface area contributed by atoms with Crippen LogP contribution in [-0.4, -0.2) is 21.9 Å². The molecule has 0 fully saturated rings. The van der Waals surface area contributed by atoms with Gasteiger partial charge in [-0.3, -0.25) is 4.79 Å². The van der Waals surface area contributed by atoms with Gasteiger partial charge < -0.3 is 10.8 Å². The van der Waals surface area contributed by atoms with E-state index in [9.17, 15) is 9.90 Å². The van der Waals surface area contributed by atoms with Crippen molar-refractivity contribution < 1.29 is 9.90 Å². The summed E-state index contributed by atoms with van der Waals surface area (Å²) >= 11 is 1.52. The van der Waals surface area contributed by atoms with Crippen LogP contribution < -0.4 is 5.73 Å². The summed E-state index contributed by atoms with van der Waals surface area (Å²) in [6, 6.07) is 9.91. The van der Waals surface area contributed by atoms with Crippen LogP contribution in [0, 0.1) is 0 Å². The van der Waals surface area contributed by atoms with Crippen LogP contribution in [0.25, 0.3) is 0 Å². The smallest absolute Gasteiger partial charge is 0.247 e. The zero-order valence-corrected chi connectivity index (χ0v) is 10.3. The van der Waals surface area contributed by atoms with Crippen molar-refractivity contribution in [3.05, 3.63) is 35.9 Å². The van der Waals surface area contributed by atoms with E-state index in [2.05, 4.69) is 0 Å². The number of aliphatic hydroxyl groups is 1. The molecule has 0 saturated heterocycles. The monoisotopic (exact) mass is 239 g/mol. The quantitative estimate of drug-likeness (QED) is 0.819. The number of benzene rings is 1. The van der Waals surface area contributed by atoms with E-state index in [1.165, 1.54) is 11.8 Å². The fourth-order valence-electron chi connectivity index (χ4n) is 1.27. The largest absolute Gasteiger partial charge is 0.382 e. The number of carbonyl (C=O) groups excluding carboxylic acids is 1. The van der Waals surface area contributed by atoms with E-state index < -0.39 is 16.8 Å². The van der Waals surface area contributed by atoms with E-state index >= 15 is 0 Å². The normalized spacial score (nSPS) is 13.4. The Balaban J connectivity index is 2.57. The molecule has 1 aromatic rings. The minimum Gasteiger partial charge on any atom is -0.382 e. The summed E-state index contributed by atoms with van der Waals surface area (Å²) in [5.41, 5.74) is 6.25. The van der Waals surface area contributed by atoms with Gasteiger partial charge in [-0.15, -0.1) is 11.8 Å². The molecular weight excluding hydrogens is 222 g/mol. The lowest BCUT2D eigenvalue weighted by Crippen LogP contribution is -2.43. The molecule has 0 saturated carbocycles. The molecule has 0 aliphatic rings. The van der Waals surface area contributed by atoms with Crippen LogP contribution in [0.4, 0.5) is 0 Å². The van der Waals surface area contributed by atoms with Gasteiger partial charge >= 0.3 is 0 Å². The summed E-state index contributed by atoms with van der Waals surface area (Å²) in [4.78, 5) is 10.9. The zero-order valence-electron chi connectivity index (χ0n) is 9.51. The summed E-state index contributed by atoms with van der Waals surface area (Å²) in [6.45, 7) is 3.63. The SMILES string of the molecule is CC(C)(SCc1ccccc1)C(O)C(N)=O. The Morgan fingerprint density at radius 1 is 1.44 bits per heavy atom. The molecule has 0 bridgehead atoms. The molecule has 3 N–H and O–H groups in total. The number of thioether (sulfide) groups is 1. The Hall–Kier alpha value is -1.00. The highest BCUT2D eigenvalue weighted by Crippen LogP contribution is 2.31. The second kappa shape index (κ2) is 5.37. The minimum absolute atomic E-state index is 0.568. The summed E-state index contributed by atoms with van der Waals surface area (Å²) in [7, 11) is 0. The Morgan fingerprint density at radius 2 is 2.00 bits per heavy atom. The van der Waals surface area contributed by atoms with Gasteiger partial charge in [0.2, 0.25) is 5.91 Å². The van der Waals surface area contributed by atoms with Gasteiger partial charge in [-0.2, -0.15) is 0 Å². The van der Waals surface area contributed by atoms with Gasteiger partial charge in [0.1, 0.15) is 6.10 Å². The fourth-order valence-corrected chi connectivity index (χ4v) is 2.27. The third-order valence-corrected chi connectivity index (χ3v) is 3.83. The van der Waals surface area contributed by atoms with E-state index in [-0.39, 0.29) is 0 Å². The molecule has 1 aromatic carbocycles. The van der Waals surface area contributed by atoms with Crippen molar-refractivity contribution in [2.24, 2.45) is 5.73 Å². The number of nitrogens with two attached hydrogens (primary N) is 1. The predicted octanol–water partition coefficient (Wildman–Crippen LogP) is 1.54. The summed E-state index contributed by atoms with van der Waals surface area (Å²) < 4.78 is -0.568. The number of primary amides is 1. The molecule has 1 rings (SSSR count). The highest BCUT2D eigenvalue weighted by atomic mass is 32.2. The lowest BCUT2D eigenvalue weighted by Gasteiger charge is -2.27. The van der Waals surface area contributed by atoms with Crippen molar-refractivity contribution >= 4 is 17.7 Å². The molecule has 4 heteroatoms. The minimum atomic E-state index is -1.12. The van der Waals surface area contributed by atoms with E-state index in [4.69, 9.17) is 5.73 Å². The van der Waals surface area contributed by atoms with Crippen molar-refractivity contribution in [3.8, 4) is 0 Å². The number of hydrogen-bond acceptors (Lipinski definition) is 3. The molecule has 1 atom stereocenters. The van der Waals surface area contributed by atoms with Gasteiger partial charge in [0.25, 0.3) is 0 Å². The number of rotatable bonds is 5. The van der Waals surface area contributed by atoms with Crippen LogP contribution >= 0.6 is 11.8 Å². The highest BCUT2D eigenvalue weighted by molar-refractivity contribution is 7.99. The molecule has 3 nitrogen and oxygen atoms in total. The summed E-state index contributed by atoms with van der Waals surface area (Å²) in [5, 5.41) is 9.64. The lowest BCUT2D eigenvalue weighted by atomic mass is 10.1. The average molecular weight is 239 g/mol. The average Bonchev–Trinajstić information content (AvgIpc) is 2.27. The number of aliphatic hydroxyl groups excluding tert-OH is 1. The number of hydrogen-bond donors (Lipinski definition) is 2. The first-order valence-electron chi connectivity index (χ1n) is 5.09. The van der Waals surface area contributed by atoms with Crippen LogP contribution in [0.1, 0.15) is 19.4 Å². The molecule has 0 aliphatic heterocycles. The van der Waals surface area contributed by atoms with Crippen molar-refractivity contribution in [3.63, 3.8) is 0 Å². The maximum atomic E-state index is 10.9. The molecule has 0 aliphatic carbocycles. The Morgan fingerprint density at radius 3 is 2.50 bits per heavy atom. The molecule has 0 spiro atoms. The number of amides is 1. The molecule has 16 heavy (non-hydrogen) atoms. The van der Waals surface area contributed by atoms with E-state index in [1.54, 1.807) is 0 Å². The van der Waals surface area contributed by atoms with E-state index in [0.29, 0.717) is 0 Å². The third kappa shape index (κ3) is 3.54. The number of carbonyl (C=O) groups is 1. The molecular formula is C12H17NO2S. The first kappa shape index (κ1) is 13.1. The first-order chi connectivity index (χ1) is 7.43. The zero-order chi connectivity index (χ0) is 12.2. The van der Waals surface area contributed by atoms with Crippen molar-refractivity contribution in [1.29, 1.82) is 0 Å². The third-order valence-electron chi connectivity index (χ3n) is 2.38. The highest BCUT2D eigenvalue weighted by Gasteiger charge is 2.32. The summed E-state index contributed by atoms with van der Waals surface area (Å²) in [5.74, 6) is 0.0728. The maximum absolute atomic E-state index is 10.9. The molecule has 1 amide bonds. The van der Waals surface area contributed by atoms with Crippen LogP contribution in [0.3, 0.4) is 0 Å². The Labute approximate surface area is 100 Å². The second-order valence-electron chi connectivity index (χ2n) is 4.18. The fraction of sp³-hybridized carbons (Fsp3) is 0.417. The maximum Gasteiger partial charge on any atom is 0.247 e. The van der Waals surface area contributed by atoms with Crippen molar-refractivity contribution in [1.82, 2.24) is 0 Å². The van der Waals surface area contributed by atoms with Crippen LogP contribution in [0.2, 0.25) is 0 Å². The standard InChI is InChI=1S/C12H17NO2S/c1-12(2,10(14)11(13)15)16-8-9-6-4-3-5-7-9/h3-7,10,14H,8H2,1-2H3,(H2,13,15). The first-order valence-corrected chi connectivity index (χ1v) is 6.07. The van der Waals surface area contributed by atoms with Crippen molar-refractivity contribution in [2.75, 3.05) is 0 Å². The Bertz CT molecular complexity index is 351. The van der Waals surface area contributed by atoms with Crippen LogP contribution in [0.15, 0.2) is 30.3 Å². The Kier molecular flexibility index (Phi) is 4.38. The summed E-state index contributed by atoms with van der Waals surface area (Å²) in [6.07, 6.45) is -1.12. The predicted molar refractivity (Wildman–Crippen MR) is 67.0 cm³/mol. The lowest BCUT2D eigenvalue weighted by molar-refractivity contribution is -0.127. The van der Waals surface area contributed by atoms with Gasteiger partial charge in [0, 0.05) is 10.5 Å². The van der Waals surface area contributed by atoms with Gasteiger partial charge in [-0.25, -0.2) is 0 Å². The molecule has 1 unspecified atom stereocenters. The van der Waals surface area contributed by atoms with E-state index in [1.807, 2.05) is 44.2 Å². The van der Waals surface area contributed by atoms with Crippen LogP contribution in [0.5, 0.6) is 0 Å². The van der Waals surface area contributed by atoms with Crippen molar-refractivity contribution in [2.45, 2.75) is 30.5 Å². The van der Waals surface area contributed by atoms with E-state index in [0.717, 1.165) is 11.3 Å². The van der Waals surface area contributed by atoms with Crippen LogP contribution in [-0.2, 0) is 10.5 Å². The molecule has 0 radical (unpaired) electrons.